The van der Waals surface area contributed by atoms with E-state index in [1.165, 1.54) is 0 Å². The number of nitrogens with zero attached hydrogens (tertiary/aromatic N) is 5. The average Bonchev–Trinajstić information content (AvgIpc) is 3.26. The normalized spacial score (nSPS) is 13.8. The molecule has 9 heteroatoms. The molecule has 0 fully saturated rings. The molecule has 3 aromatic heterocycles. The van der Waals surface area contributed by atoms with Crippen molar-refractivity contribution in [2.75, 3.05) is 0 Å². The van der Waals surface area contributed by atoms with E-state index < -0.39 is 11.4 Å². The van der Waals surface area contributed by atoms with Crippen LogP contribution in [0.25, 0.3) is 28.0 Å². The molecule has 1 aromatic carbocycles. The molecule has 2 atom stereocenters. The van der Waals surface area contributed by atoms with Gasteiger partial charge in [-0.1, -0.05) is 31.5 Å². The second-order valence-electron chi connectivity index (χ2n) is 9.11. The van der Waals surface area contributed by atoms with E-state index in [-0.39, 0.29) is 17.4 Å². The highest BCUT2D eigenvalue weighted by atomic mass is 32.2. The second-order valence-corrected chi connectivity index (χ2v) is 11.1. The first-order valence-corrected chi connectivity index (χ1v) is 12.5. The Labute approximate surface area is 202 Å². The maximum atomic E-state index is 12.7. The number of aliphatic hydroxyl groups is 1. The van der Waals surface area contributed by atoms with Gasteiger partial charge in [0.2, 0.25) is 0 Å². The Morgan fingerprint density at radius 1 is 1.15 bits per heavy atom. The molecule has 0 spiro atoms. The molecular weight excluding hydrogens is 448 g/mol. The van der Waals surface area contributed by atoms with Crippen LogP contribution >= 0.6 is 0 Å². The molecule has 34 heavy (non-hydrogen) atoms. The lowest BCUT2D eigenvalue weighted by Crippen LogP contribution is -2.41. The summed E-state index contributed by atoms with van der Waals surface area (Å²) in [5, 5.41) is 14.8. The van der Waals surface area contributed by atoms with Gasteiger partial charge in [-0.25, -0.2) is 14.6 Å². The van der Waals surface area contributed by atoms with Crippen molar-refractivity contribution in [1.29, 1.82) is 0 Å². The molecule has 0 saturated heterocycles. The molecule has 0 unspecified atom stereocenters. The van der Waals surface area contributed by atoms with Gasteiger partial charge in [0.05, 0.1) is 29.1 Å². The van der Waals surface area contributed by atoms with Crippen molar-refractivity contribution in [3.05, 3.63) is 66.4 Å². The smallest absolute Gasteiger partial charge is 0.157 e. The van der Waals surface area contributed by atoms with E-state index in [0.29, 0.717) is 11.6 Å². The van der Waals surface area contributed by atoms with Crippen molar-refractivity contribution in [2.45, 2.75) is 57.9 Å². The minimum Gasteiger partial charge on any atom is -0.598 e. The Morgan fingerprint density at radius 3 is 2.71 bits per heavy atom. The monoisotopic (exact) mass is 478 g/mol. The van der Waals surface area contributed by atoms with E-state index in [9.17, 15) is 9.66 Å². The SMILES string of the molecule is CCC[C@H](N[S@+]([O-])C(C)(C)C)c1cccc(-c2ccc3cnn(-c4ccnc(CO)n4)c3c2)n1. The minimum absolute atomic E-state index is 0.0998. The van der Waals surface area contributed by atoms with Crippen molar-refractivity contribution in [1.82, 2.24) is 29.5 Å². The molecule has 0 aliphatic rings. The van der Waals surface area contributed by atoms with Crippen LogP contribution in [0.3, 0.4) is 0 Å². The predicted octanol–water partition coefficient (Wildman–Crippen LogP) is 4.26. The predicted molar refractivity (Wildman–Crippen MR) is 134 cm³/mol. The first kappa shape index (κ1) is 24.3. The highest BCUT2D eigenvalue weighted by molar-refractivity contribution is 7.90. The number of aliphatic hydroxyl groups excluding tert-OH is 1. The number of pyridine rings is 1. The maximum absolute atomic E-state index is 12.7. The van der Waals surface area contributed by atoms with Gasteiger partial charge in [-0.2, -0.15) is 5.10 Å². The molecule has 0 saturated carbocycles. The number of nitrogens with one attached hydrogen (secondary N) is 1. The molecule has 2 N–H and O–H groups in total. The average molecular weight is 479 g/mol. The van der Waals surface area contributed by atoms with E-state index in [0.717, 1.165) is 40.7 Å². The molecule has 0 aliphatic heterocycles. The fourth-order valence-corrected chi connectivity index (χ4v) is 4.46. The van der Waals surface area contributed by atoms with E-state index in [4.69, 9.17) is 4.98 Å². The number of hydrogen-bond donors (Lipinski definition) is 2. The quantitative estimate of drug-likeness (QED) is 0.364. The van der Waals surface area contributed by atoms with Crippen LogP contribution < -0.4 is 4.72 Å². The lowest BCUT2D eigenvalue weighted by Gasteiger charge is -2.27. The number of aromatic nitrogens is 5. The molecule has 0 amide bonds. The summed E-state index contributed by atoms with van der Waals surface area (Å²) in [6.07, 6.45) is 5.18. The molecule has 0 radical (unpaired) electrons. The summed E-state index contributed by atoms with van der Waals surface area (Å²) in [6.45, 7) is 7.76. The molecule has 4 rings (SSSR count). The lowest BCUT2D eigenvalue weighted by atomic mass is 10.1. The first-order chi connectivity index (χ1) is 16.3. The van der Waals surface area contributed by atoms with Crippen LogP contribution in [0.4, 0.5) is 0 Å². The molecule has 4 aromatic rings. The van der Waals surface area contributed by atoms with Crippen LogP contribution in [0.5, 0.6) is 0 Å². The summed E-state index contributed by atoms with van der Waals surface area (Å²) in [5.41, 5.74) is 3.52. The Morgan fingerprint density at radius 2 is 1.97 bits per heavy atom. The highest BCUT2D eigenvalue weighted by Gasteiger charge is 2.30. The van der Waals surface area contributed by atoms with Crippen molar-refractivity contribution in [3.8, 4) is 17.1 Å². The van der Waals surface area contributed by atoms with Gasteiger partial charge in [-0.3, -0.25) is 4.98 Å². The van der Waals surface area contributed by atoms with Crippen LogP contribution in [0.1, 0.15) is 58.1 Å². The zero-order chi connectivity index (χ0) is 24.3. The summed E-state index contributed by atoms with van der Waals surface area (Å²) >= 11 is -1.19. The van der Waals surface area contributed by atoms with Gasteiger partial charge >= 0.3 is 0 Å². The Hall–Kier alpha value is -2.85. The van der Waals surface area contributed by atoms with Crippen LogP contribution in [0.2, 0.25) is 0 Å². The highest BCUT2D eigenvalue weighted by Crippen LogP contribution is 2.28. The number of fused-ring (bicyclic) bond motifs is 1. The van der Waals surface area contributed by atoms with Crippen LogP contribution in [-0.4, -0.2) is 39.1 Å². The number of rotatable bonds is 8. The van der Waals surface area contributed by atoms with Crippen LogP contribution in [0.15, 0.2) is 54.9 Å². The van der Waals surface area contributed by atoms with Gasteiger partial charge in [0, 0.05) is 34.6 Å². The standard InChI is InChI=1S/C25H30N6O2S/c1-5-7-21(30-34(33)25(2,3)4)20-9-6-8-19(28-20)17-10-11-18-15-27-31(22(18)14-17)24-12-13-26-23(16-32)29-24/h6,8-15,21,30,32H,5,7,16H2,1-4H3/t21-,34+/m0/s1. The van der Waals surface area contributed by atoms with Crippen LogP contribution in [0, 0.1) is 0 Å². The van der Waals surface area contributed by atoms with Gasteiger partial charge in [-0.15, -0.1) is 4.72 Å². The van der Waals surface area contributed by atoms with Gasteiger partial charge in [0.25, 0.3) is 0 Å². The summed E-state index contributed by atoms with van der Waals surface area (Å²) in [7, 11) is 0. The number of benzene rings is 1. The molecular formula is C25H30N6O2S. The number of hydrogen-bond acceptors (Lipinski definition) is 7. The van der Waals surface area contributed by atoms with Crippen LogP contribution in [-0.2, 0) is 18.0 Å². The topological polar surface area (TPSA) is 112 Å². The zero-order valence-electron chi connectivity index (χ0n) is 19.9. The van der Waals surface area contributed by atoms with Crippen molar-refractivity contribution >= 4 is 22.3 Å². The van der Waals surface area contributed by atoms with Gasteiger partial charge < -0.3 is 9.66 Å². The Bertz CT molecular complexity index is 1270. The Balaban J connectivity index is 1.70. The molecule has 8 nitrogen and oxygen atoms in total. The van der Waals surface area contributed by atoms with E-state index in [2.05, 4.69) is 26.7 Å². The second kappa shape index (κ2) is 10.2. The summed E-state index contributed by atoms with van der Waals surface area (Å²) < 4.78 is 17.4. The molecule has 0 bridgehead atoms. The minimum atomic E-state index is -1.19. The molecule has 178 valence electrons. The van der Waals surface area contributed by atoms with E-state index >= 15 is 0 Å². The summed E-state index contributed by atoms with van der Waals surface area (Å²) in [6, 6.07) is 13.7. The lowest BCUT2D eigenvalue weighted by molar-refractivity contribution is 0.271. The maximum Gasteiger partial charge on any atom is 0.157 e. The largest absolute Gasteiger partial charge is 0.598 e. The molecule has 3 heterocycles. The van der Waals surface area contributed by atoms with E-state index in [1.54, 1.807) is 23.1 Å². The van der Waals surface area contributed by atoms with Gasteiger partial charge in [0.1, 0.15) is 11.4 Å². The van der Waals surface area contributed by atoms with Crippen molar-refractivity contribution in [3.63, 3.8) is 0 Å². The third-order valence-electron chi connectivity index (χ3n) is 5.43. The molecule has 0 aliphatic carbocycles. The zero-order valence-corrected chi connectivity index (χ0v) is 20.7. The fraction of sp³-hybridized carbons (Fsp3) is 0.360. The third kappa shape index (κ3) is 5.28. The van der Waals surface area contributed by atoms with Crippen molar-refractivity contribution in [2.24, 2.45) is 0 Å². The fourth-order valence-electron chi connectivity index (χ4n) is 3.61. The van der Waals surface area contributed by atoms with Gasteiger partial charge in [0.15, 0.2) is 11.6 Å². The van der Waals surface area contributed by atoms with E-state index in [1.807, 2.05) is 57.2 Å². The Kier molecular flexibility index (Phi) is 7.27. The summed E-state index contributed by atoms with van der Waals surface area (Å²) in [4.78, 5) is 13.4. The van der Waals surface area contributed by atoms with Crippen molar-refractivity contribution < 1.29 is 9.66 Å². The summed E-state index contributed by atoms with van der Waals surface area (Å²) in [5.74, 6) is 0.929. The first-order valence-electron chi connectivity index (χ1n) is 11.4. The third-order valence-corrected chi connectivity index (χ3v) is 7.04. The van der Waals surface area contributed by atoms with Gasteiger partial charge in [-0.05, 0) is 45.4 Å².